The molecule has 20 heavy (non-hydrogen) atoms. The van der Waals surface area contributed by atoms with Crippen LogP contribution in [0.1, 0.15) is 5.56 Å². The highest BCUT2D eigenvalue weighted by atomic mass is 32.2. The van der Waals surface area contributed by atoms with Crippen LogP contribution < -0.4 is 0 Å². The van der Waals surface area contributed by atoms with E-state index in [0.717, 1.165) is 11.0 Å². The van der Waals surface area contributed by atoms with Gasteiger partial charge in [-0.15, -0.1) is 0 Å². The summed E-state index contributed by atoms with van der Waals surface area (Å²) in [5.74, 6) is -0.167. The molecule has 0 saturated carbocycles. The van der Waals surface area contributed by atoms with Gasteiger partial charge in [0.25, 0.3) is 0 Å². The molecule has 0 fully saturated rings. The van der Waals surface area contributed by atoms with Gasteiger partial charge in [-0.1, -0.05) is 12.1 Å². The van der Waals surface area contributed by atoms with Crippen molar-refractivity contribution in [1.82, 2.24) is 0 Å². The lowest BCUT2D eigenvalue weighted by atomic mass is 10.2. The van der Waals surface area contributed by atoms with Crippen LogP contribution in [0.4, 0.5) is 17.6 Å². The minimum atomic E-state index is -6.09. The van der Waals surface area contributed by atoms with Gasteiger partial charge in [-0.2, -0.15) is 13.2 Å². The lowest BCUT2D eigenvalue weighted by Crippen LogP contribution is -2.33. The van der Waals surface area contributed by atoms with Crippen LogP contribution in [-0.4, -0.2) is 44.1 Å². The Morgan fingerprint density at radius 1 is 1.10 bits per heavy atom. The first-order valence-corrected chi connectivity index (χ1v) is 6.70. The minimum Gasteiger partial charge on any atom is -0.741 e. The molecule has 0 aliphatic carbocycles. The highest BCUT2D eigenvalue weighted by molar-refractivity contribution is 7.86. The van der Waals surface area contributed by atoms with E-state index in [1.165, 1.54) is 17.7 Å². The van der Waals surface area contributed by atoms with Crippen molar-refractivity contribution in [3.63, 3.8) is 0 Å². The van der Waals surface area contributed by atoms with Crippen LogP contribution in [0.25, 0.3) is 0 Å². The van der Waals surface area contributed by atoms with E-state index >= 15 is 0 Å². The fourth-order valence-corrected chi connectivity index (χ4v) is 1.14. The Kier molecular flexibility index (Phi) is 6.12. The normalized spacial score (nSPS) is 12.6. The SMILES string of the molecule is C[N+](C)(C)Cc1ccc(F)cc1.O=S(=O)([O-])C(F)(F)F. The third-order valence-corrected chi connectivity index (χ3v) is 2.42. The van der Waals surface area contributed by atoms with Gasteiger partial charge < -0.3 is 9.04 Å². The zero-order valence-corrected chi connectivity index (χ0v) is 11.9. The monoisotopic (exact) mass is 317 g/mol. The molecule has 0 unspecified atom stereocenters. The van der Waals surface area contributed by atoms with E-state index in [-0.39, 0.29) is 5.82 Å². The van der Waals surface area contributed by atoms with Crippen molar-refractivity contribution in [3.05, 3.63) is 35.6 Å². The first kappa shape index (κ1) is 18.8. The summed E-state index contributed by atoms with van der Waals surface area (Å²) in [5.41, 5.74) is -4.48. The van der Waals surface area contributed by atoms with Crippen molar-refractivity contribution in [2.24, 2.45) is 0 Å². The number of benzene rings is 1. The minimum absolute atomic E-state index is 0.167. The van der Waals surface area contributed by atoms with E-state index in [0.29, 0.717) is 0 Å². The van der Waals surface area contributed by atoms with E-state index in [1.807, 2.05) is 12.1 Å². The van der Waals surface area contributed by atoms with Crippen molar-refractivity contribution >= 4 is 10.1 Å². The number of hydrogen-bond acceptors (Lipinski definition) is 3. The molecule has 116 valence electrons. The first-order valence-electron chi connectivity index (χ1n) is 5.29. The standard InChI is InChI=1S/C10H15FN.CHF3O3S/c1-12(2,3)8-9-4-6-10(11)7-5-9;2-1(3,4)8(5,6)7/h4-7H,8H2,1-3H3;(H,5,6,7)/q+1;/p-1. The van der Waals surface area contributed by atoms with E-state index in [2.05, 4.69) is 21.1 Å². The Bertz CT molecular complexity index is 518. The molecule has 0 bridgehead atoms. The highest BCUT2D eigenvalue weighted by Crippen LogP contribution is 2.20. The number of halogens is 4. The summed E-state index contributed by atoms with van der Waals surface area (Å²) in [5, 5.41) is 0. The second-order valence-electron chi connectivity index (χ2n) is 4.97. The van der Waals surface area contributed by atoms with E-state index in [9.17, 15) is 17.6 Å². The summed E-state index contributed by atoms with van der Waals surface area (Å²) in [6.45, 7) is 0.931. The van der Waals surface area contributed by atoms with E-state index < -0.39 is 15.6 Å². The maximum absolute atomic E-state index is 12.5. The van der Waals surface area contributed by atoms with Crippen LogP contribution in [0, 0.1) is 5.82 Å². The highest BCUT2D eigenvalue weighted by Gasteiger charge is 2.36. The van der Waals surface area contributed by atoms with Gasteiger partial charge in [0.2, 0.25) is 0 Å². The second kappa shape index (κ2) is 6.51. The predicted octanol–water partition coefficient (Wildman–Crippen LogP) is 2.08. The molecule has 0 radical (unpaired) electrons. The fourth-order valence-electron chi connectivity index (χ4n) is 1.14. The van der Waals surface area contributed by atoms with Crippen LogP contribution >= 0.6 is 0 Å². The van der Waals surface area contributed by atoms with Crippen LogP contribution in [0.5, 0.6) is 0 Å². The Hall–Kier alpha value is -1.19. The lowest BCUT2D eigenvalue weighted by Gasteiger charge is -2.23. The van der Waals surface area contributed by atoms with Crippen molar-refractivity contribution < 1.29 is 35.0 Å². The molecule has 0 amide bonds. The Morgan fingerprint density at radius 2 is 1.45 bits per heavy atom. The van der Waals surface area contributed by atoms with Gasteiger partial charge in [0.05, 0.1) is 21.1 Å². The molecule has 0 aliphatic rings. The summed E-state index contributed by atoms with van der Waals surface area (Å²) < 4.78 is 72.3. The molecular weight excluding hydrogens is 302 g/mol. The molecule has 0 atom stereocenters. The molecule has 0 aromatic heterocycles. The van der Waals surface area contributed by atoms with Gasteiger partial charge in [-0.25, -0.2) is 12.8 Å². The molecule has 0 aliphatic heterocycles. The van der Waals surface area contributed by atoms with Crippen LogP contribution in [-0.2, 0) is 16.7 Å². The van der Waals surface area contributed by atoms with Crippen molar-refractivity contribution in [1.29, 1.82) is 0 Å². The smallest absolute Gasteiger partial charge is 0.485 e. The number of alkyl halides is 3. The Balaban J connectivity index is 0.000000396. The van der Waals surface area contributed by atoms with Crippen LogP contribution in [0.15, 0.2) is 24.3 Å². The molecule has 0 N–H and O–H groups in total. The summed E-state index contributed by atoms with van der Waals surface area (Å²) >= 11 is 0. The molecule has 4 nitrogen and oxygen atoms in total. The number of nitrogens with zero attached hydrogens (tertiary/aromatic N) is 1. The largest absolute Gasteiger partial charge is 0.741 e. The average Bonchev–Trinajstić information content (AvgIpc) is 2.17. The van der Waals surface area contributed by atoms with Crippen molar-refractivity contribution in [3.8, 4) is 0 Å². The van der Waals surface area contributed by atoms with Gasteiger partial charge in [0, 0.05) is 5.56 Å². The zero-order valence-electron chi connectivity index (χ0n) is 11.1. The number of quaternary nitrogens is 1. The van der Waals surface area contributed by atoms with Crippen molar-refractivity contribution in [2.75, 3.05) is 21.1 Å². The lowest BCUT2D eigenvalue weighted by molar-refractivity contribution is -0.884. The van der Waals surface area contributed by atoms with E-state index in [1.54, 1.807) is 0 Å². The second-order valence-corrected chi connectivity index (χ2v) is 6.35. The number of hydrogen-bond donors (Lipinski definition) is 0. The maximum Gasteiger partial charge on any atom is 0.485 e. The van der Waals surface area contributed by atoms with Gasteiger partial charge in [-0.3, -0.25) is 0 Å². The molecule has 0 saturated heterocycles. The molecule has 1 aromatic carbocycles. The van der Waals surface area contributed by atoms with Gasteiger partial charge in [-0.05, 0) is 12.1 Å². The molecule has 1 aromatic rings. The first-order chi connectivity index (χ1) is 8.72. The third kappa shape index (κ3) is 8.08. The Labute approximate surface area is 115 Å². The van der Waals surface area contributed by atoms with Crippen molar-refractivity contribution in [2.45, 2.75) is 12.1 Å². The quantitative estimate of drug-likeness (QED) is 0.363. The topological polar surface area (TPSA) is 57.2 Å². The predicted molar refractivity (Wildman–Crippen MR) is 63.9 cm³/mol. The molecule has 0 spiro atoms. The van der Waals surface area contributed by atoms with Crippen LogP contribution in [0.3, 0.4) is 0 Å². The summed E-state index contributed by atoms with van der Waals surface area (Å²) in [7, 11) is 0.253. The Morgan fingerprint density at radius 3 is 1.70 bits per heavy atom. The molecule has 9 heteroatoms. The average molecular weight is 317 g/mol. The number of rotatable bonds is 2. The molecular formula is C11H15F4NO3S. The summed E-state index contributed by atoms with van der Waals surface area (Å²) in [6.07, 6.45) is 0. The summed E-state index contributed by atoms with van der Waals surface area (Å²) in [6, 6.07) is 6.67. The van der Waals surface area contributed by atoms with Gasteiger partial charge in [0.15, 0.2) is 10.1 Å². The fraction of sp³-hybridized carbons (Fsp3) is 0.455. The molecule has 0 heterocycles. The van der Waals surface area contributed by atoms with Gasteiger partial charge in [0.1, 0.15) is 12.4 Å². The van der Waals surface area contributed by atoms with E-state index in [4.69, 9.17) is 13.0 Å². The molecule has 1 rings (SSSR count). The third-order valence-electron chi connectivity index (χ3n) is 1.85. The van der Waals surface area contributed by atoms with Crippen LogP contribution in [0.2, 0.25) is 0 Å². The maximum atomic E-state index is 12.5. The summed E-state index contributed by atoms with van der Waals surface area (Å²) in [4.78, 5) is 0. The zero-order chi connectivity index (χ0) is 16.2. The van der Waals surface area contributed by atoms with Gasteiger partial charge >= 0.3 is 5.51 Å².